The summed E-state index contributed by atoms with van der Waals surface area (Å²) in [6.07, 6.45) is 0. The molecule has 2 aromatic carbocycles. The van der Waals surface area contributed by atoms with Crippen molar-refractivity contribution in [1.82, 2.24) is 0 Å². The second-order valence-electron chi connectivity index (χ2n) is 3.88. The molecule has 0 bridgehead atoms. The van der Waals surface area contributed by atoms with Crippen molar-refractivity contribution in [1.29, 1.82) is 0 Å². The zero-order valence-electron chi connectivity index (χ0n) is 9.48. The van der Waals surface area contributed by atoms with E-state index in [0.717, 1.165) is 15.6 Å². The summed E-state index contributed by atoms with van der Waals surface area (Å²) in [5, 5.41) is 9.46. The molecule has 17 heavy (non-hydrogen) atoms. The highest BCUT2D eigenvalue weighted by molar-refractivity contribution is 9.10. The minimum Gasteiger partial charge on any atom is -0.508 e. The van der Waals surface area contributed by atoms with Crippen molar-refractivity contribution < 1.29 is 9.84 Å². The first kappa shape index (κ1) is 12.0. The monoisotopic (exact) mass is 292 g/mol. The maximum atomic E-state index is 9.46. The number of phenolic OH excluding ortho intramolecular Hbond substituents is 1. The number of aryl methyl sites for hydroxylation is 1. The molecular formula is C14H13BrO2. The van der Waals surface area contributed by atoms with Gasteiger partial charge in [-0.25, -0.2) is 0 Å². The molecule has 0 unspecified atom stereocenters. The van der Waals surface area contributed by atoms with Gasteiger partial charge in [-0.2, -0.15) is 0 Å². The van der Waals surface area contributed by atoms with Gasteiger partial charge >= 0.3 is 0 Å². The molecule has 0 aliphatic rings. The van der Waals surface area contributed by atoms with Gasteiger partial charge in [0, 0.05) is 16.1 Å². The number of rotatable bonds is 3. The van der Waals surface area contributed by atoms with Gasteiger partial charge in [0.25, 0.3) is 0 Å². The fourth-order valence-electron chi connectivity index (χ4n) is 1.59. The zero-order valence-corrected chi connectivity index (χ0v) is 11.1. The van der Waals surface area contributed by atoms with Gasteiger partial charge in [0.05, 0.1) is 0 Å². The summed E-state index contributed by atoms with van der Waals surface area (Å²) in [6, 6.07) is 13.1. The van der Waals surface area contributed by atoms with Crippen molar-refractivity contribution in [2.24, 2.45) is 0 Å². The standard InChI is InChI=1S/C14H13BrO2/c1-10-6-12(16)8-13(7-10)17-9-11-4-2-3-5-14(11)15/h2-8,16H,9H2,1H3. The first-order chi connectivity index (χ1) is 8.15. The summed E-state index contributed by atoms with van der Waals surface area (Å²) >= 11 is 3.47. The van der Waals surface area contributed by atoms with Gasteiger partial charge in [-0.1, -0.05) is 34.1 Å². The third-order valence-corrected chi connectivity index (χ3v) is 3.16. The average Bonchev–Trinajstić information content (AvgIpc) is 2.27. The third kappa shape index (κ3) is 3.24. The van der Waals surface area contributed by atoms with Crippen LogP contribution >= 0.6 is 15.9 Å². The van der Waals surface area contributed by atoms with Crippen LogP contribution in [0.1, 0.15) is 11.1 Å². The molecular weight excluding hydrogens is 280 g/mol. The van der Waals surface area contributed by atoms with E-state index in [9.17, 15) is 5.11 Å². The lowest BCUT2D eigenvalue weighted by atomic mass is 10.2. The Balaban J connectivity index is 2.10. The van der Waals surface area contributed by atoms with E-state index in [1.807, 2.05) is 37.3 Å². The first-order valence-corrected chi connectivity index (χ1v) is 6.11. The lowest BCUT2D eigenvalue weighted by Gasteiger charge is -2.09. The van der Waals surface area contributed by atoms with E-state index in [1.165, 1.54) is 0 Å². The zero-order chi connectivity index (χ0) is 12.3. The predicted octanol–water partition coefficient (Wildman–Crippen LogP) is 4.04. The first-order valence-electron chi connectivity index (χ1n) is 5.32. The van der Waals surface area contributed by atoms with Crippen molar-refractivity contribution in [2.75, 3.05) is 0 Å². The van der Waals surface area contributed by atoms with Gasteiger partial charge in [0.1, 0.15) is 18.1 Å². The van der Waals surface area contributed by atoms with Crippen LogP contribution in [0.15, 0.2) is 46.9 Å². The van der Waals surface area contributed by atoms with Crippen LogP contribution in [0.2, 0.25) is 0 Å². The summed E-state index contributed by atoms with van der Waals surface area (Å²) in [7, 11) is 0. The van der Waals surface area contributed by atoms with Crippen LogP contribution in [0.3, 0.4) is 0 Å². The summed E-state index contributed by atoms with van der Waals surface area (Å²) in [4.78, 5) is 0. The van der Waals surface area contributed by atoms with E-state index in [4.69, 9.17) is 4.74 Å². The SMILES string of the molecule is Cc1cc(O)cc(OCc2ccccc2Br)c1. The number of halogens is 1. The molecule has 0 amide bonds. The van der Waals surface area contributed by atoms with Crippen LogP contribution in [-0.2, 0) is 6.61 Å². The normalized spacial score (nSPS) is 10.2. The molecule has 2 aromatic rings. The van der Waals surface area contributed by atoms with Crippen LogP contribution in [-0.4, -0.2) is 5.11 Å². The quantitative estimate of drug-likeness (QED) is 0.925. The van der Waals surface area contributed by atoms with Gasteiger partial charge < -0.3 is 9.84 Å². The van der Waals surface area contributed by atoms with E-state index < -0.39 is 0 Å². The highest BCUT2D eigenvalue weighted by atomic mass is 79.9. The minimum atomic E-state index is 0.229. The maximum Gasteiger partial charge on any atom is 0.123 e. The lowest BCUT2D eigenvalue weighted by molar-refractivity contribution is 0.303. The van der Waals surface area contributed by atoms with Gasteiger partial charge in [0.15, 0.2) is 0 Å². The second kappa shape index (κ2) is 5.23. The molecule has 2 rings (SSSR count). The Morgan fingerprint density at radius 1 is 1.18 bits per heavy atom. The molecule has 88 valence electrons. The van der Waals surface area contributed by atoms with Crippen molar-refractivity contribution in [2.45, 2.75) is 13.5 Å². The molecule has 0 atom stereocenters. The van der Waals surface area contributed by atoms with Crippen LogP contribution in [0.5, 0.6) is 11.5 Å². The Bertz CT molecular complexity index is 503. The molecule has 0 saturated heterocycles. The summed E-state index contributed by atoms with van der Waals surface area (Å²) < 4.78 is 6.67. The van der Waals surface area contributed by atoms with E-state index in [0.29, 0.717) is 12.4 Å². The largest absolute Gasteiger partial charge is 0.508 e. The maximum absolute atomic E-state index is 9.46. The Kier molecular flexibility index (Phi) is 3.69. The van der Waals surface area contributed by atoms with Crippen molar-refractivity contribution in [3.63, 3.8) is 0 Å². The van der Waals surface area contributed by atoms with E-state index in [2.05, 4.69) is 15.9 Å². The Hall–Kier alpha value is -1.48. The lowest BCUT2D eigenvalue weighted by Crippen LogP contribution is -1.96. The number of ether oxygens (including phenoxy) is 1. The molecule has 0 aliphatic heterocycles. The topological polar surface area (TPSA) is 29.5 Å². The van der Waals surface area contributed by atoms with E-state index >= 15 is 0 Å². The average molecular weight is 293 g/mol. The van der Waals surface area contributed by atoms with Gasteiger partial charge in [-0.3, -0.25) is 0 Å². The number of hydrogen-bond donors (Lipinski definition) is 1. The minimum absolute atomic E-state index is 0.229. The Morgan fingerprint density at radius 2 is 1.94 bits per heavy atom. The predicted molar refractivity (Wildman–Crippen MR) is 71.3 cm³/mol. The van der Waals surface area contributed by atoms with Crippen molar-refractivity contribution in [3.8, 4) is 11.5 Å². The molecule has 0 aromatic heterocycles. The Morgan fingerprint density at radius 3 is 2.65 bits per heavy atom. The van der Waals surface area contributed by atoms with Gasteiger partial charge in [0.2, 0.25) is 0 Å². The smallest absolute Gasteiger partial charge is 0.123 e. The van der Waals surface area contributed by atoms with Crippen LogP contribution in [0.25, 0.3) is 0 Å². The molecule has 0 saturated carbocycles. The number of phenols is 1. The second-order valence-corrected chi connectivity index (χ2v) is 4.74. The fraction of sp³-hybridized carbons (Fsp3) is 0.143. The van der Waals surface area contributed by atoms with Gasteiger partial charge in [-0.05, 0) is 30.7 Å². The van der Waals surface area contributed by atoms with Crippen LogP contribution < -0.4 is 4.74 Å². The fourth-order valence-corrected chi connectivity index (χ4v) is 1.99. The molecule has 0 aliphatic carbocycles. The molecule has 0 radical (unpaired) electrons. The summed E-state index contributed by atoms with van der Waals surface area (Å²) in [6.45, 7) is 2.40. The van der Waals surface area contributed by atoms with Crippen molar-refractivity contribution >= 4 is 15.9 Å². The van der Waals surface area contributed by atoms with Gasteiger partial charge in [-0.15, -0.1) is 0 Å². The summed E-state index contributed by atoms with van der Waals surface area (Å²) in [5.41, 5.74) is 2.06. The highest BCUT2D eigenvalue weighted by Gasteiger charge is 2.01. The van der Waals surface area contributed by atoms with Crippen LogP contribution in [0, 0.1) is 6.92 Å². The molecule has 3 heteroatoms. The van der Waals surface area contributed by atoms with Crippen molar-refractivity contribution in [3.05, 3.63) is 58.1 Å². The number of hydrogen-bond acceptors (Lipinski definition) is 2. The molecule has 0 fully saturated rings. The molecule has 0 spiro atoms. The highest BCUT2D eigenvalue weighted by Crippen LogP contribution is 2.23. The molecule has 1 N–H and O–H groups in total. The Labute approximate surface area is 109 Å². The molecule has 0 heterocycles. The summed E-state index contributed by atoms with van der Waals surface area (Å²) in [5.74, 6) is 0.908. The van der Waals surface area contributed by atoms with Crippen LogP contribution in [0.4, 0.5) is 0 Å². The third-order valence-electron chi connectivity index (χ3n) is 2.39. The molecule has 2 nitrogen and oxygen atoms in total. The number of benzene rings is 2. The van der Waals surface area contributed by atoms with E-state index in [1.54, 1.807) is 12.1 Å². The van der Waals surface area contributed by atoms with E-state index in [-0.39, 0.29) is 5.75 Å². The number of aromatic hydroxyl groups is 1.